The van der Waals surface area contributed by atoms with Gasteiger partial charge < -0.3 is 25.4 Å². The number of rotatable bonds is 11. The zero-order valence-electron chi connectivity index (χ0n) is 12.6. The van der Waals surface area contributed by atoms with E-state index in [9.17, 15) is 9.59 Å². The molecule has 0 rings (SSSR count). The average molecular weight is 289 g/mol. The number of aliphatic carboxylic acids is 1. The molecule has 0 bridgehead atoms. The van der Waals surface area contributed by atoms with Gasteiger partial charge >= 0.3 is 12.0 Å². The number of likely N-dealkylation sites (N-methyl/N-ethyl adjacent to an activating group) is 1. The second-order valence-corrected chi connectivity index (χ2v) is 4.53. The number of urea groups is 1. The van der Waals surface area contributed by atoms with Crippen LogP contribution in [0.3, 0.4) is 0 Å². The van der Waals surface area contributed by atoms with Gasteiger partial charge in [-0.1, -0.05) is 13.8 Å². The van der Waals surface area contributed by atoms with E-state index in [0.717, 1.165) is 26.1 Å². The molecule has 0 fully saturated rings. The van der Waals surface area contributed by atoms with Crippen LogP contribution in [0.2, 0.25) is 0 Å². The maximum atomic E-state index is 11.5. The van der Waals surface area contributed by atoms with Gasteiger partial charge in [-0.25, -0.2) is 4.79 Å². The Morgan fingerprint density at radius 2 is 1.95 bits per heavy atom. The molecule has 1 atom stereocenters. The number of nitrogens with zero attached hydrogens (tertiary/aromatic N) is 1. The average Bonchev–Trinajstić information content (AvgIpc) is 2.41. The summed E-state index contributed by atoms with van der Waals surface area (Å²) >= 11 is 0. The third-order valence-corrected chi connectivity index (χ3v) is 2.93. The summed E-state index contributed by atoms with van der Waals surface area (Å²) in [4.78, 5) is 24.3. The Morgan fingerprint density at radius 1 is 1.25 bits per heavy atom. The first kappa shape index (κ1) is 18.7. The van der Waals surface area contributed by atoms with Crippen LogP contribution < -0.4 is 10.6 Å². The first-order valence-corrected chi connectivity index (χ1v) is 7.02. The monoisotopic (exact) mass is 289 g/mol. The Bertz CT molecular complexity index is 287. The number of amides is 2. The fraction of sp³-hybridized carbons (Fsp3) is 0.846. The molecule has 1 unspecified atom stereocenters. The highest BCUT2D eigenvalue weighted by Crippen LogP contribution is 1.95. The highest BCUT2D eigenvalue weighted by atomic mass is 16.5. The van der Waals surface area contributed by atoms with E-state index in [4.69, 9.17) is 9.84 Å². The van der Waals surface area contributed by atoms with Crippen molar-refractivity contribution in [3.8, 4) is 0 Å². The summed E-state index contributed by atoms with van der Waals surface area (Å²) in [6.07, 6.45) is 0.451. The highest BCUT2D eigenvalue weighted by molar-refractivity contribution is 5.74. The first-order chi connectivity index (χ1) is 9.53. The Kier molecular flexibility index (Phi) is 10.7. The lowest BCUT2D eigenvalue weighted by molar-refractivity contribution is -0.139. The quantitative estimate of drug-likeness (QED) is 0.515. The van der Waals surface area contributed by atoms with Crippen molar-refractivity contribution >= 4 is 12.0 Å². The van der Waals surface area contributed by atoms with E-state index < -0.39 is 12.1 Å². The van der Waals surface area contributed by atoms with Gasteiger partial charge in [0.05, 0.1) is 12.5 Å². The second kappa shape index (κ2) is 11.5. The summed E-state index contributed by atoms with van der Waals surface area (Å²) in [6, 6.07) is -0.301. The van der Waals surface area contributed by atoms with Crippen LogP contribution in [0.4, 0.5) is 4.79 Å². The van der Waals surface area contributed by atoms with Crippen molar-refractivity contribution in [1.82, 2.24) is 15.5 Å². The Balaban J connectivity index is 3.79. The molecule has 118 valence electrons. The molecule has 0 radical (unpaired) electrons. The summed E-state index contributed by atoms with van der Waals surface area (Å²) in [7, 11) is 1.43. The van der Waals surface area contributed by atoms with Crippen molar-refractivity contribution in [3.63, 3.8) is 0 Å². The number of carbonyl (C=O) groups excluding carboxylic acids is 1. The normalized spacial score (nSPS) is 12.2. The van der Waals surface area contributed by atoms with Gasteiger partial charge in [0, 0.05) is 26.7 Å². The van der Waals surface area contributed by atoms with Crippen molar-refractivity contribution in [2.24, 2.45) is 0 Å². The lowest BCUT2D eigenvalue weighted by Gasteiger charge is -2.20. The molecule has 0 aliphatic heterocycles. The van der Waals surface area contributed by atoms with Gasteiger partial charge in [-0.15, -0.1) is 0 Å². The number of carboxylic acid groups (broad SMARTS) is 1. The molecule has 0 heterocycles. The summed E-state index contributed by atoms with van der Waals surface area (Å²) < 4.78 is 4.97. The van der Waals surface area contributed by atoms with E-state index >= 15 is 0 Å². The molecule has 0 aromatic carbocycles. The van der Waals surface area contributed by atoms with Crippen LogP contribution in [-0.2, 0) is 9.53 Å². The molecule has 0 spiro atoms. The topological polar surface area (TPSA) is 90.9 Å². The number of carbonyl (C=O) groups is 2. The van der Waals surface area contributed by atoms with Crippen molar-refractivity contribution in [2.75, 3.05) is 39.8 Å². The molecule has 7 heteroatoms. The first-order valence-electron chi connectivity index (χ1n) is 7.02. The molecule has 7 nitrogen and oxygen atoms in total. The standard InChI is InChI=1S/C13H27N3O4/c1-4-7-16(5-2)8-6-14-13(19)15-10-11(20-3)9-12(17)18/h11H,4-10H2,1-3H3,(H,17,18)(H2,14,15,19). The minimum absolute atomic E-state index is 0.128. The van der Waals surface area contributed by atoms with Crippen molar-refractivity contribution in [3.05, 3.63) is 0 Å². The number of nitrogens with one attached hydrogen (secondary N) is 2. The third kappa shape index (κ3) is 9.57. The molecule has 2 amide bonds. The number of ether oxygens (including phenoxy) is 1. The highest BCUT2D eigenvalue weighted by Gasteiger charge is 2.13. The van der Waals surface area contributed by atoms with Crippen molar-refractivity contribution in [1.29, 1.82) is 0 Å². The Hall–Kier alpha value is -1.34. The van der Waals surface area contributed by atoms with Gasteiger partial charge in [-0.3, -0.25) is 4.79 Å². The van der Waals surface area contributed by atoms with Crippen LogP contribution >= 0.6 is 0 Å². The van der Waals surface area contributed by atoms with Crippen LogP contribution in [0, 0.1) is 0 Å². The minimum atomic E-state index is -0.947. The molecule has 0 aliphatic carbocycles. The van der Waals surface area contributed by atoms with Gasteiger partial charge in [-0.2, -0.15) is 0 Å². The van der Waals surface area contributed by atoms with Crippen LogP contribution in [0.25, 0.3) is 0 Å². The molecule has 20 heavy (non-hydrogen) atoms. The van der Waals surface area contributed by atoms with Gasteiger partial charge in [0.25, 0.3) is 0 Å². The molecule has 0 aromatic rings. The fourth-order valence-corrected chi connectivity index (χ4v) is 1.77. The number of carboxylic acids is 1. The van der Waals surface area contributed by atoms with E-state index in [-0.39, 0.29) is 19.0 Å². The van der Waals surface area contributed by atoms with E-state index in [1.54, 1.807) is 0 Å². The summed E-state index contributed by atoms with van der Waals surface area (Å²) in [5.41, 5.74) is 0. The van der Waals surface area contributed by atoms with Gasteiger partial charge in [0.15, 0.2) is 0 Å². The zero-order chi connectivity index (χ0) is 15.4. The zero-order valence-corrected chi connectivity index (χ0v) is 12.6. The van der Waals surface area contributed by atoms with Gasteiger partial charge in [-0.05, 0) is 19.5 Å². The van der Waals surface area contributed by atoms with E-state index in [0.29, 0.717) is 6.54 Å². The van der Waals surface area contributed by atoms with Crippen LogP contribution in [0.1, 0.15) is 26.7 Å². The van der Waals surface area contributed by atoms with E-state index in [1.165, 1.54) is 7.11 Å². The molecule has 0 saturated heterocycles. The predicted molar refractivity (Wildman–Crippen MR) is 76.9 cm³/mol. The summed E-state index contributed by atoms with van der Waals surface area (Å²) in [6.45, 7) is 7.74. The lowest BCUT2D eigenvalue weighted by atomic mass is 10.2. The molecule has 0 aliphatic rings. The van der Waals surface area contributed by atoms with E-state index in [1.807, 2.05) is 0 Å². The smallest absolute Gasteiger partial charge is 0.314 e. The maximum absolute atomic E-state index is 11.5. The minimum Gasteiger partial charge on any atom is -0.481 e. The van der Waals surface area contributed by atoms with Crippen molar-refractivity contribution < 1.29 is 19.4 Å². The number of hydrogen-bond donors (Lipinski definition) is 3. The van der Waals surface area contributed by atoms with Crippen LogP contribution in [0.5, 0.6) is 0 Å². The van der Waals surface area contributed by atoms with E-state index in [2.05, 4.69) is 29.4 Å². The summed E-state index contributed by atoms with van der Waals surface area (Å²) in [5.74, 6) is -0.947. The molecule has 3 N–H and O–H groups in total. The Labute approximate surface area is 120 Å². The number of methoxy groups -OCH3 is 1. The molecular formula is C13H27N3O4. The predicted octanol–water partition coefficient (Wildman–Crippen LogP) is 0.507. The maximum Gasteiger partial charge on any atom is 0.314 e. The largest absolute Gasteiger partial charge is 0.481 e. The lowest BCUT2D eigenvalue weighted by Crippen LogP contribution is -2.43. The second-order valence-electron chi connectivity index (χ2n) is 4.53. The fourth-order valence-electron chi connectivity index (χ4n) is 1.77. The van der Waals surface area contributed by atoms with Crippen molar-refractivity contribution in [2.45, 2.75) is 32.8 Å². The van der Waals surface area contributed by atoms with Gasteiger partial charge in [0.1, 0.15) is 0 Å². The van der Waals surface area contributed by atoms with Crippen LogP contribution in [-0.4, -0.2) is 67.9 Å². The summed E-state index contributed by atoms with van der Waals surface area (Å²) in [5, 5.41) is 14.0. The third-order valence-electron chi connectivity index (χ3n) is 2.93. The SMILES string of the molecule is CCCN(CC)CCNC(=O)NCC(CC(=O)O)OC. The van der Waals surface area contributed by atoms with Crippen LogP contribution in [0.15, 0.2) is 0 Å². The molecular weight excluding hydrogens is 262 g/mol. The van der Waals surface area contributed by atoms with Gasteiger partial charge in [0.2, 0.25) is 0 Å². The number of hydrogen-bond acceptors (Lipinski definition) is 4. The molecule has 0 aromatic heterocycles. The Morgan fingerprint density at radius 3 is 2.45 bits per heavy atom. The molecule has 0 saturated carbocycles.